The molecule has 0 aliphatic carbocycles. The first-order valence-corrected chi connectivity index (χ1v) is 13.2. The second kappa shape index (κ2) is 11.6. The topological polar surface area (TPSA) is 79.1 Å². The molecule has 0 fully saturated rings. The van der Waals surface area contributed by atoms with Crippen molar-refractivity contribution in [3.05, 3.63) is 126 Å². The molecule has 1 atom stereocenters. The second-order valence-corrected chi connectivity index (χ2v) is 10.2. The van der Waals surface area contributed by atoms with Gasteiger partial charge in [0.25, 0.3) is 5.56 Å². The molecule has 42 heavy (non-hydrogen) atoms. The molecule has 0 amide bonds. The van der Waals surface area contributed by atoms with Gasteiger partial charge in [-0.05, 0) is 36.3 Å². The van der Waals surface area contributed by atoms with E-state index in [-0.39, 0.29) is 27.5 Å². The molecule has 12 heteroatoms. The Hall–Kier alpha value is -4.71. The number of nitrogens with zero attached hydrogens (tertiary/aromatic N) is 2. The first-order valence-electron chi connectivity index (χ1n) is 12.4. The molecule has 2 heterocycles. The van der Waals surface area contributed by atoms with Gasteiger partial charge in [0.1, 0.15) is 12.4 Å². The van der Waals surface area contributed by atoms with E-state index in [4.69, 9.17) is 14.2 Å². The summed E-state index contributed by atoms with van der Waals surface area (Å²) < 4.78 is 72.6. The van der Waals surface area contributed by atoms with Crippen molar-refractivity contribution in [1.82, 2.24) is 4.57 Å². The molecule has 0 saturated carbocycles. The zero-order chi connectivity index (χ0) is 30.1. The molecule has 0 bridgehead atoms. The van der Waals surface area contributed by atoms with E-state index in [0.29, 0.717) is 21.6 Å². The number of benzene rings is 3. The average Bonchev–Trinajstić information content (AvgIpc) is 3.29. The van der Waals surface area contributed by atoms with Gasteiger partial charge in [-0.15, -0.1) is 0 Å². The lowest BCUT2D eigenvalue weighted by molar-refractivity contribution is -0.136. The van der Waals surface area contributed by atoms with Crippen molar-refractivity contribution in [3.63, 3.8) is 0 Å². The predicted octanol–water partition coefficient (Wildman–Crippen LogP) is 4.55. The number of hydrogen-bond acceptors (Lipinski definition) is 7. The number of hydrogen-bond donors (Lipinski definition) is 0. The van der Waals surface area contributed by atoms with E-state index in [0.717, 1.165) is 11.3 Å². The Bertz CT molecular complexity index is 1890. The van der Waals surface area contributed by atoms with Crippen molar-refractivity contribution >= 4 is 23.4 Å². The van der Waals surface area contributed by atoms with Crippen molar-refractivity contribution in [2.45, 2.75) is 19.6 Å². The summed E-state index contributed by atoms with van der Waals surface area (Å²) in [5, 5.41) is 0. The Kier molecular flexibility index (Phi) is 7.99. The number of methoxy groups -OCH3 is 2. The van der Waals surface area contributed by atoms with E-state index in [9.17, 15) is 27.2 Å². The summed E-state index contributed by atoms with van der Waals surface area (Å²) in [5.41, 5.74) is 1.71. The highest BCUT2D eigenvalue weighted by molar-refractivity contribution is 7.07. The molecule has 5 rings (SSSR count). The molecule has 3 aromatic carbocycles. The van der Waals surface area contributed by atoms with Crippen LogP contribution in [0.15, 0.2) is 75.7 Å². The highest BCUT2D eigenvalue weighted by atomic mass is 32.1. The molecule has 4 aromatic rings. The van der Waals surface area contributed by atoms with Crippen LogP contribution in [0.4, 0.5) is 17.6 Å². The maximum absolute atomic E-state index is 14.1. The standard InChI is InChI=1S/C30H22F4N2O5S/c1-15-23(29(38)40-3)26(17-7-5-4-6-8-17)36-28(37)22(42-30(36)35-15)12-16-9-10-21(39-2)18(11-16)14-41-27-24(33)19(31)13-20(32)25(27)34/h4-13,26H,14H2,1-3H3/t26-/m1/s1. The number of thiazole rings is 1. The number of halogens is 4. The third kappa shape index (κ3) is 5.20. The van der Waals surface area contributed by atoms with Gasteiger partial charge < -0.3 is 14.2 Å². The number of esters is 1. The lowest BCUT2D eigenvalue weighted by atomic mass is 9.96. The minimum atomic E-state index is -1.67. The van der Waals surface area contributed by atoms with Crippen LogP contribution in [0.3, 0.4) is 0 Å². The SMILES string of the molecule is COC(=O)C1=C(C)N=c2sc(=Cc3ccc(OC)c(COc4c(F)c(F)cc(F)c4F)c3)c(=O)n2[C@@H]1c1ccccc1. The second-order valence-electron chi connectivity index (χ2n) is 9.14. The first-order chi connectivity index (χ1) is 20.1. The van der Waals surface area contributed by atoms with E-state index in [1.165, 1.54) is 18.8 Å². The Morgan fingerprint density at radius 1 is 1.02 bits per heavy atom. The number of ether oxygens (including phenoxy) is 3. The van der Waals surface area contributed by atoms with Gasteiger partial charge in [0.2, 0.25) is 11.6 Å². The minimum absolute atomic E-state index is 0.0899. The van der Waals surface area contributed by atoms with Gasteiger partial charge in [-0.2, -0.15) is 8.78 Å². The number of aromatic nitrogens is 1. The van der Waals surface area contributed by atoms with Crippen LogP contribution in [0.1, 0.15) is 29.7 Å². The Labute approximate surface area is 240 Å². The summed E-state index contributed by atoms with van der Waals surface area (Å²) in [6.45, 7) is 1.17. The average molecular weight is 599 g/mol. The quantitative estimate of drug-likeness (QED) is 0.177. The van der Waals surface area contributed by atoms with Crippen LogP contribution >= 0.6 is 11.3 Å². The molecular weight excluding hydrogens is 576 g/mol. The fraction of sp³-hybridized carbons (Fsp3) is 0.167. The van der Waals surface area contributed by atoms with Crippen molar-refractivity contribution in [2.75, 3.05) is 14.2 Å². The van der Waals surface area contributed by atoms with Gasteiger partial charge in [0.15, 0.2) is 22.2 Å². The zero-order valence-corrected chi connectivity index (χ0v) is 23.2. The van der Waals surface area contributed by atoms with Crippen LogP contribution in [0.5, 0.6) is 11.5 Å². The first kappa shape index (κ1) is 28.8. The smallest absolute Gasteiger partial charge is 0.338 e. The predicted molar refractivity (Wildman–Crippen MR) is 146 cm³/mol. The molecular formula is C30H22F4N2O5S. The van der Waals surface area contributed by atoms with Crippen LogP contribution < -0.4 is 24.4 Å². The van der Waals surface area contributed by atoms with Gasteiger partial charge in [-0.3, -0.25) is 9.36 Å². The molecule has 0 N–H and O–H groups in total. The Morgan fingerprint density at radius 2 is 1.71 bits per heavy atom. The molecule has 1 aliphatic rings. The number of fused-ring (bicyclic) bond motifs is 1. The van der Waals surface area contributed by atoms with Crippen LogP contribution in [-0.2, 0) is 16.1 Å². The van der Waals surface area contributed by atoms with E-state index < -0.39 is 53.2 Å². The minimum Gasteiger partial charge on any atom is -0.496 e. The summed E-state index contributed by atoms with van der Waals surface area (Å²) >= 11 is 1.11. The maximum Gasteiger partial charge on any atom is 0.338 e. The van der Waals surface area contributed by atoms with Gasteiger partial charge in [0, 0.05) is 11.6 Å². The van der Waals surface area contributed by atoms with Gasteiger partial charge in [0.05, 0.1) is 36.1 Å². The normalized spacial score (nSPS) is 14.8. The Balaban J connectivity index is 1.57. The van der Waals surface area contributed by atoms with Gasteiger partial charge in [-0.1, -0.05) is 47.7 Å². The third-order valence-corrected chi connectivity index (χ3v) is 7.57. The van der Waals surface area contributed by atoms with E-state index in [1.54, 1.807) is 55.5 Å². The van der Waals surface area contributed by atoms with Crippen molar-refractivity contribution in [1.29, 1.82) is 0 Å². The molecule has 0 unspecified atom stereocenters. The van der Waals surface area contributed by atoms with E-state index in [1.807, 2.05) is 6.07 Å². The van der Waals surface area contributed by atoms with Crippen molar-refractivity contribution < 1.29 is 36.6 Å². The van der Waals surface area contributed by atoms with Crippen molar-refractivity contribution in [3.8, 4) is 11.5 Å². The lowest BCUT2D eigenvalue weighted by Gasteiger charge is -2.24. The fourth-order valence-corrected chi connectivity index (χ4v) is 5.67. The zero-order valence-electron chi connectivity index (χ0n) is 22.4. The summed E-state index contributed by atoms with van der Waals surface area (Å²) in [6.07, 6.45) is 1.58. The van der Waals surface area contributed by atoms with Crippen LogP contribution in [0.2, 0.25) is 0 Å². The molecule has 216 valence electrons. The summed E-state index contributed by atoms with van der Waals surface area (Å²) in [6, 6.07) is 13.1. The summed E-state index contributed by atoms with van der Waals surface area (Å²) in [7, 11) is 2.62. The highest BCUT2D eigenvalue weighted by Gasteiger charge is 2.33. The van der Waals surface area contributed by atoms with Crippen molar-refractivity contribution in [2.24, 2.45) is 4.99 Å². The van der Waals surface area contributed by atoms with Gasteiger partial charge >= 0.3 is 5.97 Å². The molecule has 7 nitrogen and oxygen atoms in total. The maximum atomic E-state index is 14.1. The van der Waals surface area contributed by atoms with Crippen LogP contribution in [-0.4, -0.2) is 24.8 Å². The lowest BCUT2D eigenvalue weighted by Crippen LogP contribution is -2.39. The number of rotatable bonds is 7. The molecule has 0 radical (unpaired) electrons. The largest absolute Gasteiger partial charge is 0.496 e. The number of carbonyl (C=O) groups excluding carboxylic acids is 1. The molecule has 0 saturated heterocycles. The van der Waals surface area contributed by atoms with E-state index in [2.05, 4.69) is 4.99 Å². The third-order valence-electron chi connectivity index (χ3n) is 6.59. The van der Waals surface area contributed by atoms with Crippen LogP contribution in [0.25, 0.3) is 6.08 Å². The van der Waals surface area contributed by atoms with E-state index >= 15 is 0 Å². The Morgan fingerprint density at radius 3 is 2.36 bits per heavy atom. The molecule has 0 spiro atoms. The van der Waals surface area contributed by atoms with Gasteiger partial charge in [-0.25, -0.2) is 18.6 Å². The highest BCUT2D eigenvalue weighted by Crippen LogP contribution is 2.31. The monoisotopic (exact) mass is 598 g/mol. The number of carbonyl (C=O) groups is 1. The number of allylic oxidation sites excluding steroid dienone is 1. The molecule has 1 aromatic heterocycles. The summed E-state index contributed by atoms with van der Waals surface area (Å²) in [4.78, 5) is 31.4. The summed E-state index contributed by atoms with van der Waals surface area (Å²) in [5.74, 6) is -8.07. The molecule has 1 aliphatic heterocycles. The fourth-order valence-electron chi connectivity index (χ4n) is 4.62. The van der Waals surface area contributed by atoms with Crippen LogP contribution in [0, 0.1) is 23.3 Å².